The fourth-order valence-electron chi connectivity index (χ4n) is 1.07. The van der Waals surface area contributed by atoms with Crippen LogP contribution in [0.25, 0.3) is 0 Å². The van der Waals surface area contributed by atoms with Crippen LogP contribution in [0.4, 0.5) is 0 Å². The molecule has 0 aromatic heterocycles. The van der Waals surface area contributed by atoms with Crippen LogP contribution < -0.4 is 0 Å². The van der Waals surface area contributed by atoms with Gasteiger partial charge in [0.25, 0.3) is 0 Å². The summed E-state index contributed by atoms with van der Waals surface area (Å²) < 4.78 is 0. The summed E-state index contributed by atoms with van der Waals surface area (Å²) >= 11 is 0. The molecule has 1 aliphatic heterocycles. The maximum Gasteiger partial charge on any atom is 0.155 e. The summed E-state index contributed by atoms with van der Waals surface area (Å²) in [6.07, 6.45) is 1.80. The Hall–Kier alpha value is -0.570. The van der Waals surface area contributed by atoms with E-state index in [1.165, 1.54) is 0 Å². The van der Waals surface area contributed by atoms with E-state index >= 15 is 0 Å². The maximum absolute atomic E-state index is 8.74. The minimum absolute atomic E-state index is 0.0729. The lowest BCUT2D eigenvalue weighted by molar-refractivity contribution is 0.0390. The Labute approximate surface area is 67.0 Å². The largest absolute Gasteiger partial charge is 0.392 e. The van der Waals surface area contributed by atoms with Gasteiger partial charge in [0, 0.05) is 6.42 Å². The van der Waals surface area contributed by atoms with Crippen LogP contribution in [0.15, 0.2) is 5.16 Å². The second-order valence-electron chi connectivity index (χ2n) is 3.01. The summed E-state index contributed by atoms with van der Waals surface area (Å²) in [6.45, 7) is 4.32. The molecule has 0 saturated carbocycles. The Kier molecular flexibility index (Phi) is 2.88. The molecular weight excluding hydrogens is 142 g/mol. The molecule has 1 N–H and O–H groups in total. The average Bonchev–Trinajstić information content (AvgIpc) is 2.50. The monoisotopic (exact) mass is 157 g/mol. The van der Waals surface area contributed by atoms with Crippen LogP contribution in [0.5, 0.6) is 0 Å². The van der Waals surface area contributed by atoms with Crippen LogP contribution in [0.1, 0.15) is 26.7 Å². The highest BCUT2D eigenvalue weighted by molar-refractivity contribution is 5.87. The molecule has 0 bridgehead atoms. The minimum Gasteiger partial charge on any atom is -0.392 e. The molecule has 1 heterocycles. The third-order valence-electron chi connectivity index (χ3n) is 2.14. The minimum atomic E-state index is -0.0843. The van der Waals surface area contributed by atoms with Gasteiger partial charge in [-0.1, -0.05) is 19.0 Å². The lowest BCUT2D eigenvalue weighted by Crippen LogP contribution is -2.15. The van der Waals surface area contributed by atoms with Crippen LogP contribution in [-0.4, -0.2) is 23.5 Å². The summed E-state index contributed by atoms with van der Waals surface area (Å²) in [5, 5.41) is 12.7. The molecule has 2 atom stereocenters. The zero-order valence-corrected chi connectivity index (χ0v) is 7.08. The molecule has 0 aliphatic carbocycles. The summed E-state index contributed by atoms with van der Waals surface area (Å²) in [5.74, 6) is 0.492. The molecule has 0 saturated heterocycles. The quantitative estimate of drug-likeness (QED) is 0.668. The van der Waals surface area contributed by atoms with E-state index in [9.17, 15) is 0 Å². The first-order valence-corrected chi connectivity index (χ1v) is 4.11. The van der Waals surface area contributed by atoms with E-state index in [0.717, 1.165) is 18.6 Å². The molecule has 3 nitrogen and oxygen atoms in total. The fraction of sp³-hybridized carbons (Fsp3) is 0.875. The molecule has 11 heavy (non-hydrogen) atoms. The van der Waals surface area contributed by atoms with E-state index in [2.05, 4.69) is 19.0 Å². The summed E-state index contributed by atoms with van der Waals surface area (Å²) in [4.78, 5) is 4.98. The number of nitrogens with zero attached hydrogens (tertiary/aromatic N) is 1. The van der Waals surface area contributed by atoms with Crippen molar-refractivity contribution in [1.29, 1.82) is 0 Å². The molecule has 0 fully saturated rings. The number of aliphatic hydroxyl groups excluding tert-OH is 1. The van der Waals surface area contributed by atoms with E-state index in [-0.39, 0.29) is 12.7 Å². The number of hydrogen-bond donors (Lipinski definition) is 1. The number of rotatable bonds is 3. The molecule has 0 radical (unpaired) electrons. The van der Waals surface area contributed by atoms with Crippen LogP contribution in [0.3, 0.4) is 0 Å². The van der Waals surface area contributed by atoms with Gasteiger partial charge in [0.05, 0.1) is 12.3 Å². The molecule has 0 aromatic rings. The van der Waals surface area contributed by atoms with E-state index < -0.39 is 0 Å². The molecule has 64 valence electrons. The third kappa shape index (κ3) is 1.93. The highest BCUT2D eigenvalue weighted by Gasteiger charge is 2.22. The van der Waals surface area contributed by atoms with Crippen LogP contribution in [0.2, 0.25) is 0 Å². The van der Waals surface area contributed by atoms with Crippen molar-refractivity contribution in [3.05, 3.63) is 0 Å². The normalized spacial score (nSPS) is 26.1. The van der Waals surface area contributed by atoms with Crippen LogP contribution in [-0.2, 0) is 4.84 Å². The van der Waals surface area contributed by atoms with Crippen molar-refractivity contribution in [2.45, 2.75) is 32.8 Å². The van der Waals surface area contributed by atoms with Gasteiger partial charge in [0.15, 0.2) is 6.10 Å². The van der Waals surface area contributed by atoms with Gasteiger partial charge in [-0.3, -0.25) is 0 Å². The van der Waals surface area contributed by atoms with Gasteiger partial charge < -0.3 is 9.94 Å². The second-order valence-corrected chi connectivity index (χ2v) is 3.01. The second kappa shape index (κ2) is 3.72. The highest BCUT2D eigenvalue weighted by atomic mass is 16.6. The van der Waals surface area contributed by atoms with Gasteiger partial charge in [-0.05, 0) is 12.3 Å². The SMILES string of the molecule is CCC(C)C1=NOC(CO)C1. The molecular formula is C8H15NO2. The van der Waals surface area contributed by atoms with E-state index in [0.29, 0.717) is 5.92 Å². The van der Waals surface area contributed by atoms with Gasteiger partial charge >= 0.3 is 0 Å². The van der Waals surface area contributed by atoms with Gasteiger partial charge in [-0.15, -0.1) is 0 Å². The molecule has 1 rings (SSSR count). The zero-order valence-electron chi connectivity index (χ0n) is 7.08. The van der Waals surface area contributed by atoms with Crippen LogP contribution >= 0.6 is 0 Å². The Morgan fingerprint density at radius 1 is 1.82 bits per heavy atom. The van der Waals surface area contributed by atoms with Crippen molar-refractivity contribution in [3.63, 3.8) is 0 Å². The van der Waals surface area contributed by atoms with E-state index in [1.807, 2.05) is 0 Å². The van der Waals surface area contributed by atoms with E-state index in [4.69, 9.17) is 9.94 Å². The molecule has 2 unspecified atom stereocenters. The summed E-state index contributed by atoms with van der Waals surface area (Å²) in [5.41, 5.74) is 1.09. The van der Waals surface area contributed by atoms with Crippen molar-refractivity contribution in [1.82, 2.24) is 0 Å². The lowest BCUT2D eigenvalue weighted by atomic mass is 9.99. The van der Waals surface area contributed by atoms with E-state index in [1.54, 1.807) is 0 Å². The maximum atomic E-state index is 8.74. The Balaban J connectivity index is 2.39. The van der Waals surface area contributed by atoms with Crippen LogP contribution in [0, 0.1) is 5.92 Å². The summed E-state index contributed by atoms with van der Waals surface area (Å²) in [6, 6.07) is 0. The average molecular weight is 157 g/mol. The Bertz CT molecular complexity index is 156. The highest BCUT2D eigenvalue weighted by Crippen LogP contribution is 2.17. The van der Waals surface area contributed by atoms with Crippen molar-refractivity contribution in [3.8, 4) is 0 Å². The van der Waals surface area contributed by atoms with Crippen molar-refractivity contribution < 1.29 is 9.94 Å². The third-order valence-corrected chi connectivity index (χ3v) is 2.14. The first kappa shape index (κ1) is 8.53. The Morgan fingerprint density at radius 2 is 2.55 bits per heavy atom. The zero-order chi connectivity index (χ0) is 8.27. The van der Waals surface area contributed by atoms with Gasteiger partial charge in [0.1, 0.15) is 0 Å². The van der Waals surface area contributed by atoms with Gasteiger partial charge in [0.2, 0.25) is 0 Å². The molecule has 1 aliphatic rings. The summed E-state index contributed by atoms with van der Waals surface area (Å²) in [7, 11) is 0. The smallest absolute Gasteiger partial charge is 0.155 e. The lowest BCUT2D eigenvalue weighted by Gasteiger charge is -2.05. The molecule has 0 amide bonds. The van der Waals surface area contributed by atoms with Crippen molar-refractivity contribution in [2.24, 2.45) is 11.1 Å². The topological polar surface area (TPSA) is 41.8 Å². The number of oxime groups is 1. The number of aliphatic hydroxyl groups is 1. The van der Waals surface area contributed by atoms with Crippen molar-refractivity contribution in [2.75, 3.05) is 6.61 Å². The predicted octanol–water partition coefficient (Wildman–Crippen LogP) is 1.17. The molecule has 3 heteroatoms. The standard InChI is InChI=1S/C8H15NO2/c1-3-6(2)8-4-7(5-10)11-9-8/h6-7,10H,3-5H2,1-2H3. The van der Waals surface area contributed by atoms with Gasteiger partial charge in [-0.2, -0.15) is 0 Å². The fourth-order valence-corrected chi connectivity index (χ4v) is 1.07. The van der Waals surface area contributed by atoms with Gasteiger partial charge in [-0.25, -0.2) is 0 Å². The van der Waals surface area contributed by atoms with Crippen molar-refractivity contribution >= 4 is 5.71 Å². The first-order chi connectivity index (χ1) is 5.27. The first-order valence-electron chi connectivity index (χ1n) is 4.11. The Morgan fingerprint density at radius 3 is 3.00 bits per heavy atom. The molecule has 0 aromatic carbocycles. The predicted molar refractivity (Wildman–Crippen MR) is 43.5 cm³/mol. The molecule has 0 spiro atoms. The number of hydrogen-bond acceptors (Lipinski definition) is 3.